The van der Waals surface area contributed by atoms with Crippen LogP contribution < -0.4 is 0 Å². The summed E-state index contributed by atoms with van der Waals surface area (Å²) in [5.74, 6) is -42.0. The molecule has 0 aliphatic carbocycles. The lowest BCUT2D eigenvalue weighted by Gasteiger charge is -2.44. The van der Waals surface area contributed by atoms with Crippen molar-refractivity contribution in [1.82, 2.24) is 4.90 Å². The summed E-state index contributed by atoms with van der Waals surface area (Å²) >= 11 is 0. The number of alkyl halides is 19. The average Bonchev–Trinajstić information content (AvgIpc) is 2.43. The van der Waals surface area contributed by atoms with Crippen molar-refractivity contribution in [3.8, 4) is 0 Å². The van der Waals surface area contributed by atoms with Crippen molar-refractivity contribution < 1.29 is 83.4 Å². The molecule has 174 valence electrons. The monoisotopic (exact) mass is 483 g/mol. The van der Waals surface area contributed by atoms with Gasteiger partial charge >= 0.3 is 53.9 Å². The van der Waals surface area contributed by atoms with Gasteiger partial charge in [0.15, 0.2) is 0 Å². The van der Waals surface area contributed by atoms with Crippen LogP contribution in [0.15, 0.2) is 0 Å². The van der Waals surface area contributed by atoms with Gasteiger partial charge in [0.1, 0.15) is 0 Å². The van der Waals surface area contributed by atoms with Crippen molar-refractivity contribution in [3.63, 3.8) is 0 Å². The molecule has 1 rings (SSSR count). The lowest BCUT2D eigenvalue weighted by molar-refractivity contribution is -0.490. The third-order valence-corrected chi connectivity index (χ3v) is 3.51. The summed E-state index contributed by atoms with van der Waals surface area (Å²) in [4.78, 5) is -4.98. The molecule has 0 aromatic carbocycles. The van der Waals surface area contributed by atoms with Gasteiger partial charge in [-0.25, -0.2) is 0 Å². The third kappa shape index (κ3) is 2.55. The second kappa shape index (κ2) is 5.65. The Hall–Kier alpha value is -1.37. The van der Waals surface area contributed by atoms with Gasteiger partial charge in [-0.1, -0.05) is 0 Å². The fraction of sp³-hybridized carbons (Fsp3) is 1.00. The maximum atomic E-state index is 13.4. The molecular weight excluding hydrogens is 483 g/mol. The molecule has 1 fully saturated rings. The number of halogens is 19. The van der Waals surface area contributed by atoms with Crippen LogP contribution in [0.5, 0.6) is 0 Å². The molecule has 0 N–H and O–H groups in total. The number of hydrogen-bond donors (Lipinski definition) is 0. The summed E-state index contributed by atoms with van der Waals surface area (Å²) in [7, 11) is 0. The molecule has 0 radical (unpaired) electrons. The Morgan fingerprint density at radius 1 is 0.414 bits per heavy atom. The Kier molecular flexibility index (Phi) is 5.00. The molecule has 29 heavy (non-hydrogen) atoms. The van der Waals surface area contributed by atoms with Crippen molar-refractivity contribution in [2.75, 3.05) is 0 Å². The van der Waals surface area contributed by atoms with Crippen molar-refractivity contribution in [2.45, 2.75) is 53.9 Å². The molecule has 0 spiro atoms. The molecule has 1 nitrogen and oxygen atoms in total. The highest BCUT2D eigenvalue weighted by atomic mass is 19.4. The molecule has 0 unspecified atom stereocenters. The molecule has 1 aliphatic heterocycles. The number of likely N-dealkylation sites (tertiary alicyclic amines) is 1. The van der Waals surface area contributed by atoms with E-state index < -0.39 is 58.8 Å². The molecule has 1 heterocycles. The van der Waals surface area contributed by atoms with E-state index in [-0.39, 0.29) is 0 Å². The Morgan fingerprint density at radius 2 is 0.655 bits per heavy atom. The van der Waals surface area contributed by atoms with Crippen LogP contribution in [0.2, 0.25) is 0 Å². The van der Waals surface area contributed by atoms with Gasteiger partial charge in [0.25, 0.3) is 0 Å². The first-order valence-electron chi connectivity index (χ1n) is 6.01. The SMILES string of the molecule is FC(F)(F)C(F)(F)C(F)(F)N1C(F)(F)C(F)(F)C(F)(F)C(F)(F)C(F)(F)C1(F)F. The zero-order valence-electron chi connectivity index (χ0n) is 12.1. The Balaban J connectivity index is 4.16. The van der Waals surface area contributed by atoms with E-state index in [9.17, 15) is 83.4 Å². The van der Waals surface area contributed by atoms with Gasteiger partial charge in [-0.15, -0.1) is 4.90 Å². The minimum atomic E-state index is -8.60. The predicted octanol–water partition coefficient (Wildman–Crippen LogP) is 5.82. The lowest BCUT2D eigenvalue weighted by atomic mass is 9.99. The molecule has 1 aliphatic rings. The molecular formula is C9F19N. The van der Waals surface area contributed by atoms with Gasteiger partial charge in [-0.2, -0.15) is 83.4 Å². The second-order valence-electron chi connectivity index (χ2n) is 5.33. The van der Waals surface area contributed by atoms with E-state index in [0.717, 1.165) is 0 Å². The Morgan fingerprint density at radius 3 is 0.862 bits per heavy atom. The van der Waals surface area contributed by atoms with Crippen molar-refractivity contribution >= 4 is 0 Å². The number of hydrogen-bond acceptors (Lipinski definition) is 1. The van der Waals surface area contributed by atoms with E-state index in [1.54, 1.807) is 0 Å². The molecule has 0 bridgehead atoms. The van der Waals surface area contributed by atoms with Crippen LogP contribution in [0, 0.1) is 0 Å². The van der Waals surface area contributed by atoms with E-state index in [4.69, 9.17) is 0 Å². The minimum absolute atomic E-state index is 4.98. The summed E-state index contributed by atoms with van der Waals surface area (Å²) in [6.07, 6.45) is -7.93. The van der Waals surface area contributed by atoms with Crippen molar-refractivity contribution in [2.24, 2.45) is 0 Å². The van der Waals surface area contributed by atoms with Crippen LogP contribution in [0.3, 0.4) is 0 Å². The van der Waals surface area contributed by atoms with Gasteiger partial charge in [0, 0.05) is 0 Å². The molecule has 0 saturated carbocycles. The molecule has 0 aromatic rings. The summed E-state index contributed by atoms with van der Waals surface area (Å²) < 4.78 is 246. The Labute approximate surface area is 144 Å². The highest BCUT2D eigenvalue weighted by molar-refractivity contribution is 5.18. The third-order valence-electron chi connectivity index (χ3n) is 3.51. The number of rotatable bonds is 2. The van der Waals surface area contributed by atoms with Crippen LogP contribution in [0.4, 0.5) is 83.4 Å². The summed E-state index contributed by atoms with van der Waals surface area (Å²) in [5, 5.41) is 0. The Bertz CT molecular complexity index is 617. The van der Waals surface area contributed by atoms with E-state index in [2.05, 4.69) is 0 Å². The predicted molar refractivity (Wildman–Crippen MR) is 47.5 cm³/mol. The zero-order chi connectivity index (χ0) is 24.1. The number of nitrogens with zero attached hydrogens (tertiary/aromatic N) is 1. The minimum Gasteiger partial charge on any atom is -0.192 e. The highest BCUT2D eigenvalue weighted by Crippen LogP contribution is 2.68. The molecule has 0 aromatic heterocycles. The molecule has 20 heteroatoms. The average molecular weight is 483 g/mol. The van der Waals surface area contributed by atoms with E-state index in [1.165, 1.54) is 0 Å². The first kappa shape index (κ1) is 25.7. The van der Waals surface area contributed by atoms with Gasteiger partial charge in [0.05, 0.1) is 0 Å². The van der Waals surface area contributed by atoms with Gasteiger partial charge in [-0.05, 0) is 0 Å². The largest absolute Gasteiger partial charge is 0.461 e. The topological polar surface area (TPSA) is 3.24 Å². The second-order valence-corrected chi connectivity index (χ2v) is 5.33. The standard InChI is InChI=1S/C9F19N/c10-1(11)2(12,13)4(16,17)8(25,26)29(7(23,24)3(1,14)15)9(27,28)5(18,19)6(20,21)22. The van der Waals surface area contributed by atoms with Crippen LogP contribution >= 0.6 is 0 Å². The van der Waals surface area contributed by atoms with E-state index in [0.29, 0.717) is 0 Å². The zero-order valence-corrected chi connectivity index (χ0v) is 12.1. The summed E-state index contributed by atoms with van der Waals surface area (Å²) in [5.41, 5.74) is 0. The van der Waals surface area contributed by atoms with E-state index in [1.807, 2.05) is 0 Å². The first-order chi connectivity index (χ1) is 12.1. The highest BCUT2D eigenvalue weighted by Gasteiger charge is 3.00. The van der Waals surface area contributed by atoms with Gasteiger partial charge in [0.2, 0.25) is 0 Å². The fourth-order valence-corrected chi connectivity index (χ4v) is 1.89. The maximum Gasteiger partial charge on any atom is 0.461 e. The van der Waals surface area contributed by atoms with Crippen molar-refractivity contribution in [1.29, 1.82) is 0 Å². The summed E-state index contributed by atoms with van der Waals surface area (Å²) in [6, 6.07) is -25.6. The molecule has 1 saturated heterocycles. The van der Waals surface area contributed by atoms with Crippen LogP contribution in [-0.2, 0) is 0 Å². The normalized spacial score (nSPS) is 28.7. The first-order valence-corrected chi connectivity index (χ1v) is 6.01. The van der Waals surface area contributed by atoms with Crippen LogP contribution in [0.1, 0.15) is 0 Å². The molecule has 0 amide bonds. The van der Waals surface area contributed by atoms with Crippen LogP contribution in [-0.4, -0.2) is 58.8 Å². The fourth-order valence-electron chi connectivity index (χ4n) is 1.89. The lowest BCUT2D eigenvalue weighted by Crippen LogP contribution is -2.75. The molecule has 0 atom stereocenters. The van der Waals surface area contributed by atoms with Crippen LogP contribution in [0.25, 0.3) is 0 Å². The quantitative estimate of drug-likeness (QED) is 0.354. The van der Waals surface area contributed by atoms with E-state index >= 15 is 0 Å². The van der Waals surface area contributed by atoms with Gasteiger partial charge < -0.3 is 0 Å². The summed E-state index contributed by atoms with van der Waals surface area (Å²) in [6.45, 7) is 0. The van der Waals surface area contributed by atoms with Crippen molar-refractivity contribution in [3.05, 3.63) is 0 Å². The smallest absolute Gasteiger partial charge is 0.192 e. The maximum absolute atomic E-state index is 13.4. The van der Waals surface area contributed by atoms with Gasteiger partial charge in [-0.3, -0.25) is 0 Å².